The lowest BCUT2D eigenvalue weighted by Gasteiger charge is -2.23. The van der Waals surface area contributed by atoms with Crippen molar-refractivity contribution in [2.75, 3.05) is 13.2 Å². The van der Waals surface area contributed by atoms with Crippen molar-refractivity contribution in [3.63, 3.8) is 0 Å². The highest BCUT2D eigenvalue weighted by Crippen LogP contribution is 2.27. The molecule has 0 N–H and O–H groups in total. The van der Waals surface area contributed by atoms with Gasteiger partial charge in [-0.05, 0) is 31.6 Å². The largest absolute Gasteiger partial charge is 0.463 e. The number of ether oxygens (including phenoxy) is 2. The minimum absolute atomic E-state index is 0.0326. The van der Waals surface area contributed by atoms with E-state index in [-0.39, 0.29) is 12.1 Å². The van der Waals surface area contributed by atoms with E-state index in [1.807, 2.05) is 0 Å². The van der Waals surface area contributed by atoms with E-state index < -0.39 is 0 Å². The number of carbonyl (C=O) groups excluding carboxylic acids is 1. The Morgan fingerprint density at radius 3 is 2.56 bits per heavy atom. The Hall–Kier alpha value is -0.570. The number of rotatable bonds is 5. The summed E-state index contributed by atoms with van der Waals surface area (Å²) in [7, 11) is 0. The van der Waals surface area contributed by atoms with Gasteiger partial charge >= 0.3 is 5.97 Å². The van der Waals surface area contributed by atoms with Gasteiger partial charge < -0.3 is 9.47 Å². The van der Waals surface area contributed by atoms with Crippen molar-refractivity contribution >= 4 is 5.97 Å². The quantitative estimate of drug-likeness (QED) is 0.705. The maximum absolute atomic E-state index is 11.7. The third kappa shape index (κ3) is 4.97. The highest BCUT2D eigenvalue weighted by Gasteiger charge is 2.18. The number of carbonyl (C=O) groups is 1. The van der Waals surface area contributed by atoms with Crippen LogP contribution in [0.5, 0.6) is 0 Å². The maximum atomic E-state index is 11.7. The first-order valence-electron chi connectivity index (χ1n) is 7.62. The fraction of sp³-hybridized carbons (Fsp3) is 0.933. The first-order chi connectivity index (χ1) is 8.84. The van der Waals surface area contributed by atoms with Crippen molar-refractivity contribution in [3.05, 3.63) is 0 Å². The van der Waals surface area contributed by atoms with Crippen molar-refractivity contribution in [3.8, 4) is 0 Å². The number of hydrogen-bond acceptors (Lipinski definition) is 3. The third-order valence-electron chi connectivity index (χ3n) is 4.19. The second-order valence-electron chi connectivity index (χ2n) is 5.71. The van der Waals surface area contributed by atoms with Crippen molar-refractivity contribution in [2.24, 2.45) is 5.92 Å². The lowest BCUT2D eigenvalue weighted by atomic mass is 9.86. The Morgan fingerprint density at radius 1 is 1.06 bits per heavy atom. The molecule has 104 valence electrons. The standard InChI is InChI=1S/C15H26O3/c16-15(10-9-13-6-2-1-3-7-13)18-12-14-8-4-5-11-17-14/h13-14H,1-12H2. The minimum Gasteiger partial charge on any atom is -0.463 e. The normalized spacial score (nSPS) is 25.9. The molecule has 0 amide bonds. The van der Waals surface area contributed by atoms with Crippen LogP contribution in [0.15, 0.2) is 0 Å². The van der Waals surface area contributed by atoms with E-state index in [2.05, 4.69) is 0 Å². The molecule has 0 radical (unpaired) electrons. The number of hydrogen-bond donors (Lipinski definition) is 0. The smallest absolute Gasteiger partial charge is 0.305 e. The molecule has 3 nitrogen and oxygen atoms in total. The van der Waals surface area contributed by atoms with Crippen LogP contribution in [0, 0.1) is 5.92 Å². The fourth-order valence-corrected chi connectivity index (χ4v) is 2.99. The van der Waals surface area contributed by atoms with Gasteiger partial charge in [-0.1, -0.05) is 32.1 Å². The Bertz CT molecular complexity index is 216. The second-order valence-corrected chi connectivity index (χ2v) is 5.71. The topological polar surface area (TPSA) is 35.5 Å². The molecule has 1 saturated carbocycles. The van der Waals surface area contributed by atoms with Crippen LogP contribution in [-0.4, -0.2) is 25.3 Å². The molecule has 0 aromatic carbocycles. The molecule has 0 spiro atoms. The Kier molecular flexibility index (Phi) is 5.98. The molecular weight excluding hydrogens is 228 g/mol. The van der Waals surface area contributed by atoms with E-state index in [4.69, 9.17) is 9.47 Å². The molecule has 1 aliphatic carbocycles. The number of esters is 1. The van der Waals surface area contributed by atoms with Crippen LogP contribution < -0.4 is 0 Å². The summed E-state index contributed by atoms with van der Waals surface area (Å²) in [5.74, 6) is 0.729. The molecule has 0 aromatic rings. The van der Waals surface area contributed by atoms with Gasteiger partial charge in [0.25, 0.3) is 0 Å². The van der Waals surface area contributed by atoms with Gasteiger partial charge in [-0.15, -0.1) is 0 Å². The summed E-state index contributed by atoms with van der Waals surface area (Å²) < 4.78 is 10.9. The van der Waals surface area contributed by atoms with Gasteiger partial charge in [0.15, 0.2) is 0 Å². The minimum atomic E-state index is -0.0326. The lowest BCUT2D eigenvalue weighted by Crippen LogP contribution is -2.26. The fourth-order valence-electron chi connectivity index (χ4n) is 2.99. The van der Waals surface area contributed by atoms with Gasteiger partial charge in [-0.2, -0.15) is 0 Å². The summed E-state index contributed by atoms with van der Waals surface area (Å²) in [4.78, 5) is 11.7. The Labute approximate surface area is 110 Å². The van der Waals surface area contributed by atoms with Gasteiger partial charge in [0.1, 0.15) is 6.61 Å². The summed E-state index contributed by atoms with van der Waals surface area (Å²) in [5, 5.41) is 0. The summed E-state index contributed by atoms with van der Waals surface area (Å²) in [6.07, 6.45) is 11.8. The van der Waals surface area contributed by atoms with Crippen LogP contribution in [0.3, 0.4) is 0 Å². The molecule has 0 aromatic heterocycles. The first kappa shape index (κ1) is 13.9. The van der Waals surface area contributed by atoms with Gasteiger partial charge in [0.05, 0.1) is 6.10 Å². The van der Waals surface area contributed by atoms with E-state index in [0.717, 1.165) is 31.8 Å². The van der Waals surface area contributed by atoms with Gasteiger partial charge in [-0.3, -0.25) is 4.79 Å². The van der Waals surface area contributed by atoms with E-state index in [1.54, 1.807) is 0 Å². The molecule has 1 saturated heterocycles. The van der Waals surface area contributed by atoms with Gasteiger partial charge in [-0.25, -0.2) is 0 Å². The molecule has 1 unspecified atom stereocenters. The highest BCUT2D eigenvalue weighted by atomic mass is 16.6. The van der Waals surface area contributed by atoms with E-state index >= 15 is 0 Å². The van der Waals surface area contributed by atoms with Crippen LogP contribution >= 0.6 is 0 Å². The van der Waals surface area contributed by atoms with Crippen LogP contribution in [-0.2, 0) is 14.3 Å². The predicted octanol–water partition coefficient (Wildman–Crippen LogP) is 3.46. The van der Waals surface area contributed by atoms with Gasteiger partial charge in [0, 0.05) is 13.0 Å². The summed E-state index contributed by atoms with van der Waals surface area (Å²) in [5.41, 5.74) is 0. The Morgan fingerprint density at radius 2 is 1.83 bits per heavy atom. The monoisotopic (exact) mass is 254 g/mol. The van der Waals surface area contributed by atoms with Crippen LogP contribution in [0.4, 0.5) is 0 Å². The molecule has 2 fully saturated rings. The third-order valence-corrected chi connectivity index (χ3v) is 4.19. The van der Waals surface area contributed by atoms with Crippen molar-refractivity contribution < 1.29 is 14.3 Å². The summed E-state index contributed by atoms with van der Waals surface area (Å²) >= 11 is 0. The first-order valence-corrected chi connectivity index (χ1v) is 7.62. The van der Waals surface area contributed by atoms with E-state index in [9.17, 15) is 4.79 Å². The van der Waals surface area contributed by atoms with Crippen LogP contribution in [0.1, 0.15) is 64.2 Å². The molecule has 2 aliphatic rings. The molecule has 1 heterocycles. The molecule has 0 bridgehead atoms. The molecule has 1 atom stereocenters. The van der Waals surface area contributed by atoms with Gasteiger partial charge in [0.2, 0.25) is 0 Å². The zero-order valence-corrected chi connectivity index (χ0v) is 11.4. The molecule has 3 heteroatoms. The van der Waals surface area contributed by atoms with E-state index in [1.165, 1.54) is 38.5 Å². The zero-order chi connectivity index (χ0) is 12.6. The molecule has 18 heavy (non-hydrogen) atoms. The average molecular weight is 254 g/mol. The van der Waals surface area contributed by atoms with Crippen molar-refractivity contribution in [2.45, 2.75) is 70.3 Å². The Balaban J connectivity index is 1.54. The lowest BCUT2D eigenvalue weighted by molar-refractivity contribution is -0.149. The average Bonchev–Trinajstić information content (AvgIpc) is 2.45. The second kappa shape index (κ2) is 7.78. The predicted molar refractivity (Wildman–Crippen MR) is 70.4 cm³/mol. The SMILES string of the molecule is O=C(CCC1CCCCC1)OCC1CCCCO1. The summed E-state index contributed by atoms with van der Waals surface area (Å²) in [6.45, 7) is 1.29. The van der Waals surface area contributed by atoms with Crippen LogP contribution in [0.2, 0.25) is 0 Å². The molecular formula is C15H26O3. The van der Waals surface area contributed by atoms with E-state index in [0.29, 0.717) is 13.0 Å². The van der Waals surface area contributed by atoms with Crippen molar-refractivity contribution in [1.29, 1.82) is 0 Å². The van der Waals surface area contributed by atoms with Crippen LogP contribution in [0.25, 0.3) is 0 Å². The zero-order valence-electron chi connectivity index (χ0n) is 11.4. The maximum Gasteiger partial charge on any atom is 0.305 e. The van der Waals surface area contributed by atoms with Crippen molar-refractivity contribution in [1.82, 2.24) is 0 Å². The summed E-state index contributed by atoms with van der Waals surface area (Å²) in [6, 6.07) is 0. The molecule has 2 rings (SSSR count). The highest BCUT2D eigenvalue weighted by molar-refractivity contribution is 5.69. The molecule has 1 aliphatic heterocycles.